The summed E-state index contributed by atoms with van der Waals surface area (Å²) in [7, 11) is 0. The first-order chi connectivity index (χ1) is 9.15. The largest absolute Gasteiger partial charge is 0.388 e. The van der Waals surface area contributed by atoms with Crippen LogP contribution < -0.4 is 5.32 Å². The molecule has 1 unspecified atom stereocenters. The number of hydrogen-bond acceptors (Lipinski definition) is 7. The maximum absolute atomic E-state index is 12.1. The third kappa shape index (κ3) is 2.34. The van der Waals surface area contributed by atoms with E-state index in [4.69, 9.17) is 4.52 Å². The molecule has 2 saturated heterocycles. The Morgan fingerprint density at radius 2 is 2.11 bits per heavy atom. The molecule has 0 spiro atoms. The van der Waals surface area contributed by atoms with Gasteiger partial charge in [0.1, 0.15) is 0 Å². The molecular weight excluding hydrogens is 252 g/mol. The molecule has 3 rings (SSSR count). The Kier molecular flexibility index (Phi) is 3.21. The molecule has 8 nitrogen and oxygen atoms in total. The predicted octanol–water partition coefficient (Wildman–Crippen LogP) is -1.33. The van der Waals surface area contributed by atoms with Crippen LogP contribution in [0.15, 0.2) is 4.52 Å². The Hall–Kier alpha value is -1.51. The molecule has 3 heterocycles. The second-order valence-corrected chi connectivity index (χ2v) is 4.95. The van der Waals surface area contributed by atoms with E-state index in [9.17, 15) is 15.0 Å². The summed E-state index contributed by atoms with van der Waals surface area (Å²) in [6, 6.07) is 0.0174. The van der Waals surface area contributed by atoms with Gasteiger partial charge in [0, 0.05) is 13.1 Å². The molecule has 0 aromatic carbocycles. The topological polar surface area (TPSA) is 112 Å². The van der Waals surface area contributed by atoms with Gasteiger partial charge in [-0.1, -0.05) is 5.16 Å². The van der Waals surface area contributed by atoms with E-state index in [1.165, 1.54) is 4.90 Å². The smallest absolute Gasteiger partial charge is 0.295 e. The molecule has 0 aliphatic carbocycles. The lowest BCUT2D eigenvalue weighted by molar-refractivity contribution is 0.0572. The molecule has 0 bridgehead atoms. The summed E-state index contributed by atoms with van der Waals surface area (Å²) in [5, 5.41) is 25.7. The first-order valence-electron chi connectivity index (χ1n) is 6.37. The minimum atomic E-state index is -0.910. The Bertz CT molecular complexity index is 461. The molecule has 104 valence electrons. The molecule has 2 aliphatic heterocycles. The third-order valence-corrected chi connectivity index (χ3v) is 3.54. The molecule has 0 saturated carbocycles. The molecule has 1 aromatic heterocycles. The van der Waals surface area contributed by atoms with Crippen LogP contribution in [0.3, 0.4) is 0 Å². The number of rotatable bonds is 2. The highest BCUT2D eigenvalue weighted by atomic mass is 16.5. The number of hydrogen-bond donors (Lipinski definition) is 3. The van der Waals surface area contributed by atoms with Crippen LogP contribution in [0, 0.1) is 0 Å². The van der Waals surface area contributed by atoms with Crippen molar-refractivity contribution < 1.29 is 19.5 Å². The van der Waals surface area contributed by atoms with Gasteiger partial charge < -0.3 is 25.0 Å². The molecule has 2 aliphatic rings. The predicted molar refractivity (Wildman–Crippen MR) is 62.2 cm³/mol. The molecule has 0 radical (unpaired) electrons. The first-order valence-corrected chi connectivity index (χ1v) is 6.37. The summed E-state index contributed by atoms with van der Waals surface area (Å²) in [6.07, 6.45) is 0.135. The summed E-state index contributed by atoms with van der Waals surface area (Å²) in [5.41, 5.74) is 0. The van der Waals surface area contributed by atoms with Crippen LogP contribution in [-0.2, 0) is 0 Å². The van der Waals surface area contributed by atoms with Gasteiger partial charge in [0.2, 0.25) is 5.89 Å². The average molecular weight is 268 g/mol. The Morgan fingerprint density at radius 3 is 2.74 bits per heavy atom. The van der Waals surface area contributed by atoms with Crippen molar-refractivity contribution in [1.29, 1.82) is 0 Å². The van der Waals surface area contributed by atoms with Crippen molar-refractivity contribution in [3.05, 3.63) is 11.7 Å². The lowest BCUT2D eigenvalue weighted by atomic mass is 10.2. The first kappa shape index (κ1) is 12.5. The Morgan fingerprint density at radius 1 is 1.37 bits per heavy atom. The number of aliphatic hydroxyl groups is 2. The van der Waals surface area contributed by atoms with E-state index < -0.39 is 18.1 Å². The summed E-state index contributed by atoms with van der Waals surface area (Å²) in [5.74, 6) is -0.0326. The van der Waals surface area contributed by atoms with E-state index in [-0.39, 0.29) is 25.0 Å². The fourth-order valence-electron chi connectivity index (χ4n) is 2.44. The molecular formula is C11H16N4O4. The third-order valence-electron chi connectivity index (χ3n) is 3.54. The van der Waals surface area contributed by atoms with Gasteiger partial charge in [-0.3, -0.25) is 4.79 Å². The summed E-state index contributed by atoms with van der Waals surface area (Å²) >= 11 is 0. The Labute approximate surface area is 109 Å². The number of β-amino-alcohol motifs (C(OH)–C–C–N with tert-alkyl or cyclic N) is 2. The number of carbonyl (C=O) groups is 1. The van der Waals surface area contributed by atoms with Crippen molar-refractivity contribution in [2.75, 3.05) is 19.6 Å². The highest BCUT2D eigenvalue weighted by Crippen LogP contribution is 2.21. The fraction of sp³-hybridized carbons (Fsp3) is 0.727. The summed E-state index contributed by atoms with van der Waals surface area (Å²) in [4.78, 5) is 17.5. The van der Waals surface area contributed by atoms with Crippen molar-refractivity contribution >= 4 is 5.91 Å². The standard InChI is InChI=1S/C11H16N4O4/c16-7-4-15(5-8(7)17)11(18)9-13-10(19-14-9)6-2-1-3-12-6/h6-8,12,16-17H,1-5H2/t6?,7-,8+. The number of aromatic nitrogens is 2. The van der Waals surface area contributed by atoms with E-state index >= 15 is 0 Å². The number of carbonyl (C=O) groups excluding carboxylic acids is 1. The highest BCUT2D eigenvalue weighted by molar-refractivity contribution is 5.90. The van der Waals surface area contributed by atoms with Crippen molar-refractivity contribution in [2.24, 2.45) is 0 Å². The van der Waals surface area contributed by atoms with Gasteiger partial charge in [-0.25, -0.2) is 0 Å². The van der Waals surface area contributed by atoms with Crippen LogP contribution in [0.25, 0.3) is 0 Å². The van der Waals surface area contributed by atoms with Crippen molar-refractivity contribution in [2.45, 2.75) is 31.1 Å². The van der Waals surface area contributed by atoms with Crippen LogP contribution in [0.1, 0.15) is 35.4 Å². The average Bonchev–Trinajstić information content (AvgIpc) is 3.09. The minimum absolute atomic E-state index is 0.0174. The van der Waals surface area contributed by atoms with Gasteiger partial charge in [0.15, 0.2) is 0 Å². The highest BCUT2D eigenvalue weighted by Gasteiger charge is 2.35. The van der Waals surface area contributed by atoms with Gasteiger partial charge in [0.05, 0.1) is 18.2 Å². The summed E-state index contributed by atoms with van der Waals surface area (Å²) in [6.45, 7) is 1.08. The Balaban J connectivity index is 1.70. The number of amides is 1. The molecule has 8 heteroatoms. The number of likely N-dealkylation sites (tertiary alicyclic amines) is 1. The zero-order chi connectivity index (χ0) is 13.4. The van der Waals surface area contributed by atoms with Crippen LogP contribution in [0.5, 0.6) is 0 Å². The maximum Gasteiger partial charge on any atom is 0.295 e. The normalized spacial score (nSPS) is 31.1. The zero-order valence-corrected chi connectivity index (χ0v) is 10.3. The van der Waals surface area contributed by atoms with Gasteiger partial charge >= 0.3 is 0 Å². The number of aliphatic hydroxyl groups excluding tert-OH is 2. The monoisotopic (exact) mass is 268 g/mol. The zero-order valence-electron chi connectivity index (χ0n) is 10.3. The van der Waals surface area contributed by atoms with Crippen molar-refractivity contribution in [3.63, 3.8) is 0 Å². The number of nitrogens with zero attached hydrogens (tertiary/aromatic N) is 3. The van der Waals surface area contributed by atoms with E-state index in [0.29, 0.717) is 5.89 Å². The molecule has 2 fully saturated rings. The minimum Gasteiger partial charge on any atom is -0.388 e. The SMILES string of the molecule is O=C(c1noc(C2CCCN2)n1)N1C[C@@H](O)[C@@H](O)C1. The van der Waals surface area contributed by atoms with Crippen molar-refractivity contribution in [1.82, 2.24) is 20.4 Å². The van der Waals surface area contributed by atoms with Crippen LogP contribution in [0.2, 0.25) is 0 Å². The molecule has 1 aromatic rings. The quantitative estimate of drug-likeness (QED) is 0.609. The lowest BCUT2D eigenvalue weighted by Gasteiger charge is -2.11. The van der Waals surface area contributed by atoms with Crippen molar-refractivity contribution in [3.8, 4) is 0 Å². The van der Waals surface area contributed by atoms with Crippen LogP contribution >= 0.6 is 0 Å². The maximum atomic E-state index is 12.1. The summed E-state index contributed by atoms with van der Waals surface area (Å²) < 4.78 is 5.09. The van der Waals surface area contributed by atoms with Crippen LogP contribution in [0.4, 0.5) is 0 Å². The van der Waals surface area contributed by atoms with Crippen LogP contribution in [-0.4, -0.2) is 63.0 Å². The molecule has 1 amide bonds. The lowest BCUT2D eigenvalue weighted by Crippen LogP contribution is -2.30. The van der Waals surface area contributed by atoms with E-state index in [1.54, 1.807) is 0 Å². The van der Waals surface area contributed by atoms with E-state index in [2.05, 4.69) is 15.5 Å². The second kappa shape index (κ2) is 4.87. The molecule has 19 heavy (non-hydrogen) atoms. The van der Waals surface area contributed by atoms with E-state index in [0.717, 1.165) is 19.4 Å². The number of nitrogens with one attached hydrogen (secondary N) is 1. The fourth-order valence-corrected chi connectivity index (χ4v) is 2.44. The van der Waals surface area contributed by atoms with E-state index in [1.807, 2.05) is 0 Å². The molecule has 3 atom stereocenters. The second-order valence-electron chi connectivity index (χ2n) is 4.95. The van der Waals surface area contributed by atoms with Gasteiger partial charge in [-0.05, 0) is 19.4 Å². The molecule has 3 N–H and O–H groups in total. The van der Waals surface area contributed by atoms with Gasteiger partial charge in [-0.15, -0.1) is 0 Å². The van der Waals surface area contributed by atoms with Gasteiger partial charge in [0.25, 0.3) is 11.7 Å². The van der Waals surface area contributed by atoms with Gasteiger partial charge in [-0.2, -0.15) is 4.98 Å².